The molecule has 2 nitrogen and oxygen atoms in total. The Bertz CT molecular complexity index is 493. The summed E-state index contributed by atoms with van der Waals surface area (Å²) < 4.78 is 0. The van der Waals surface area contributed by atoms with E-state index < -0.39 is 0 Å². The zero-order valence-electron chi connectivity index (χ0n) is 7.74. The summed E-state index contributed by atoms with van der Waals surface area (Å²) in [4.78, 5) is 11.9. The number of benzene rings is 1. The summed E-state index contributed by atoms with van der Waals surface area (Å²) in [6.45, 7) is 0. The third-order valence-corrected chi connectivity index (χ3v) is 2.96. The number of hydrogen-bond acceptors (Lipinski definition) is 3. The highest BCUT2D eigenvalue weighted by molar-refractivity contribution is 7.08. The first-order valence-electron chi connectivity index (χ1n) is 4.30. The predicted octanol–water partition coefficient (Wildman–Crippen LogP) is 3.21. The predicted molar refractivity (Wildman–Crippen MR) is 63.6 cm³/mol. The Morgan fingerprint density at radius 3 is 2.73 bits per heavy atom. The van der Waals surface area contributed by atoms with E-state index in [0.29, 0.717) is 21.8 Å². The van der Waals surface area contributed by atoms with Crippen LogP contribution in [0.15, 0.2) is 35.0 Å². The summed E-state index contributed by atoms with van der Waals surface area (Å²) >= 11 is 7.24. The van der Waals surface area contributed by atoms with Gasteiger partial charge in [0.25, 0.3) is 0 Å². The van der Waals surface area contributed by atoms with Gasteiger partial charge in [-0.05, 0) is 29.6 Å². The second-order valence-corrected chi connectivity index (χ2v) is 4.29. The van der Waals surface area contributed by atoms with E-state index in [1.807, 2.05) is 5.38 Å². The topological polar surface area (TPSA) is 43.1 Å². The van der Waals surface area contributed by atoms with Crippen LogP contribution in [0.4, 0.5) is 5.69 Å². The molecule has 15 heavy (non-hydrogen) atoms. The van der Waals surface area contributed by atoms with Gasteiger partial charge in [0.1, 0.15) is 0 Å². The number of carbonyl (C=O) groups is 1. The molecule has 0 aliphatic heterocycles. The van der Waals surface area contributed by atoms with Gasteiger partial charge < -0.3 is 5.73 Å². The number of ketones is 1. The molecule has 2 aromatic rings. The van der Waals surface area contributed by atoms with Gasteiger partial charge in [0.05, 0.1) is 0 Å². The molecule has 0 spiro atoms. The van der Waals surface area contributed by atoms with Crippen molar-refractivity contribution in [2.45, 2.75) is 0 Å². The Morgan fingerprint density at radius 1 is 1.33 bits per heavy atom. The monoisotopic (exact) mass is 237 g/mol. The summed E-state index contributed by atoms with van der Waals surface area (Å²) in [7, 11) is 0. The molecule has 0 fully saturated rings. The van der Waals surface area contributed by atoms with Crippen molar-refractivity contribution in [2.24, 2.45) is 0 Å². The number of hydrogen-bond donors (Lipinski definition) is 1. The van der Waals surface area contributed by atoms with Crippen LogP contribution in [0.5, 0.6) is 0 Å². The highest BCUT2D eigenvalue weighted by Crippen LogP contribution is 2.21. The Labute approximate surface area is 96.3 Å². The van der Waals surface area contributed by atoms with E-state index in [4.69, 9.17) is 17.3 Å². The normalized spacial score (nSPS) is 10.2. The van der Waals surface area contributed by atoms with Crippen LogP contribution < -0.4 is 5.73 Å². The Kier molecular flexibility index (Phi) is 2.75. The molecule has 0 aliphatic rings. The molecule has 1 aromatic heterocycles. The van der Waals surface area contributed by atoms with Crippen LogP contribution in [-0.4, -0.2) is 5.78 Å². The van der Waals surface area contributed by atoms with Gasteiger partial charge in [-0.15, -0.1) is 0 Å². The SMILES string of the molecule is Nc1cc(Cl)ccc1C(=O)c1ccsc1. The summed E-state index contributed by atoms with van der Waals surface area (Å²) in [6.07, 6.45) is 0. The maximum Gasteiger partial charge on any atom is 0.195 e. The third-order valence-electron chi connectivity index (χ3n) is 2.04. The van der Waals surface area contributed by atoms with Crippen LogP contribution in [-0.2, 0) is 0 Å². The van der Waals surface area contributed by atoms with Gasteiger partial charge >= 0.3 is 0 Å². The summed E-state index contributed by atoms with van der Waals surface area (Å²) in [5.74, 6) is -0.0644. The second-order valence-electron chi connectivity index (χ2n) is 3.07. The molecule has 0 aliphatic carbocycles. The van der Waals surface area contributed by atoms with Crippen molar-refractivity contribution in [2.75, 3.05) is 5.73 Å². The van der Waals surface area contributed by atoms with Crippen molar-refractivity contribution in [1.29, 1.82) is 0 Å². The van der Waals surface area contributed by atoms with E-state index in [0.717, 1.165) is 0 Å². The van der Waals surface area contributed by atoms with Gasteiger partial charge in [-0.1, -0.05) is 11.6 Å². The van der Waals surface area contributed by atoms with Gasteiger partial charge in [0.15, 0.2) is 5.78 Å². The molecule has 2 rings (SSSR count). The molecule has 0 atom stereocenters. The second kappa shape index (κ2) is 4.04. The first kappa shape index (κ1) is 10.2. The van der Waals surface area contributed by atoms with E-state index in [2.05, 4.69) is 0 Å². The molecule has 76 valence electrons. The molecular formula is C11H8ClNOS. The number of halogens is 1. The van der Waals surface area contributed by atoms with Gasteiger partial charge in [0.2, 0.25) is 0 Å². The van der Waals surface area contributed by atoms with Crippen LogP contribution in [0, 0.1) is 0 Å². The molecular weight excluding hydrogens is 230 g/mol. The van der Waals surface area contributed by atoms with Crippen LogP contribution in [0.25, 0.3) is 0 Å². The molecule has 0 amide bonds. The minimum atomic E-state index is -0.0644. The molecule has 1 aromatic carbocycles. The molecule has 0 unspecified atom stereocenters. The summed E-state index contributed by atoms with van der Waals surface area (Å²) in [5, 5.41) is 4.20. The van der Waals surface area contributed by atoms with Crippen molar-refractivity contribution >= 4 is 34.4 Å². The van der Waals surface area contributed by atoms with Crippen LogP contribution in [0.1, 0.15) is 15.9 Å². The maximum atomic E-state index is 11.9. The summed E-state index contributed by atoms with van der Waals surface area (Å²) in [5.41, 5.74) is 7.30. The lowest BCUT2D eigenvalue weighted by atomic mass is 10.0. The Hall–Kier alpha value is -1.32. The van der Waals surface area contributed by atoms with Gasteiger partial charge in [-0.3, -0.25) is 4.79 Å². The van der Waals surface area contributed by atoms with Gasteiger partial charge in [-0.25, -0.2) is 0 Å². The molecule has 0 radical (unpaired) electrons. The van der Waals surface area contributed by atoms with Crippen LogP contribution >= 0.6 is 22.9 Å². The third kappa shape index (κ3) is 2.03. The molecule has 1 heterocycles. The standard InChI is InChI=1S/C11H8ClNOS/c12-8-1-2-9(10(13)5-8)11(14)7-3-4-15-6-7/h1-6H,13H2. The van der Waals surface area contributed by atoms with Crippen molar-refractivity contribution in [1.82, 2.24) is 0 Å². The highest BCUT2D eigenvalue weighted by atomic mass is 35.5. The zero-order valence-corrected chi connectivity index (χ0v) is 9.31. The average molecular weight is 238 g/mol. The maximum absolute atomic E-state index is 11.9. The fraction of sp³-hybridized carbons (Fsp3) is 0. The first-order valence-corrected chi connectivity index (χ1v) is 5.62. The van der Waals surface area contributed by atoms with E-state index >= 15 is 0 Å². The molecule has 0 saturated carbocycles. The van der Waals surface area contributed by atoms with E-state index in [1.54, 1.807) is 29.6 Å². The van der Waals surface area contributed by atoms with Crippen molar-refractivity contribution in [3.8, 4) is 0 Å². The Balaban J connectivity index is 2.42. The lowest BCUT2D eigenvalue weighted by Gasteiger charge is -2.03. The molecule has 0 saturated heterocycles. The molecule has 0 bridgehead atoms. The number of rotatable bonds is 2. The lowest BCUT2D eigenvalue weighted by Crippen LogP contribution is -2.03. The molecule has 4 heteroatoms. The van der Waals surface area contributed by atoms with Gasteiger partial charge in [-0.2, -0.15) is 11.3 Å². The zero-order chi connectivity index (χ0) is 10.8. The van der Waals surface area contributed by atoms with Crippen molar-refractivity contribution in [3.63, 3.8) is 0 Å². The van der Waals surface area contributed by atoms with Crippen molar-refractivity contribution in [3.05, 3.63) is 51.2 Å². The van der Waals surface area contributed by atoms with Crippen LogP contribution in [0.3, 0.4) is 0 Å². The highest BCUT2D eigenvalue weighted by Gasteiger charge is 2.12. The number of carbonyl (C=O) groups excluding carboxylic acids is 1. The van der Waals surface area contributed by atoms with E-state index in [-0.39, 0.29) is 5.78 Å². The number of thiophene rings is 1. The first-order chi connectivity index (χ1) is 7.18. The smallest absolute Gasteiger partial charge is 0.195 e. The molecule has 2 N–H and O–H groups in total. The van der Waals surface area contributed by atoms with Gasteiger partial charge in [0, 0.05) is 27.2 Å². The number of nitrogens with two attached hydrogens (primary N) is 1. The average Bonchev–Trinajstić information content (AvgIpc) is 2.69. The summed E-state index contributed by atoms with van der Waals surface area (Å²) in [6, 6.07) is 6.68. The lowest BCUT2D eigenvalue weighted by molar-refractivity contribution is 0.104. The fourth-order valence-electron chi connectivity index (χ4n) is 1.29. The minimum Gasteiger partial charge on any atom is -0.398 e. The number of nitrogen functional groups attached to an aromatic ring is 1. The number of anilines is 1. The van der Waals surface area contributed by atoms with E-state index in [1.165, 1.54) is 11.3 Å². The minimum absolute atomic E-state index is 0.0644. The largest absolute Gasteiger partial charge is 0.398 e. The quantitative estimate of drug-likeness (QED) is 0.644. The fourth-order valence-corrected chi connectivity index (χ4v) is 2.11. The van der Waals surface area contributed by atoms with E-state index in [9.17, 15) is 4.79 Å². The Morgan fingerprint density at radius 2 is 2.13 bits per heavy atom. The van der Waals surface area contributed by atoms with Crippen LogP contribution in [0.2, 0.25) is 5.02 Å². The van der Waals surface area contributed by atoms with Crippen molar-refractivity contribution < 1.29 is 4.79 Å².